The number of para-hydroxylation sites is 1. The standard InChI is InChI=1S/C19H23N3OS/c1-4-12(2)10-15-13(3)24-19-17(15)18(23)21-16(22-19)11-20-14-8-6-5-7-9-14/h5-9,12,20H,4,10-11H2,1-3H3,(H,21,22,23). The van der Waals surface area contributed by atoms with Gasteiger partial charge in [0.25, 0.3) is 5.56 Å². The van der Waals surface area contributed by atoms with Gasteiger partial charge in [-0.3, -0.25) is 4.79 Å². The zero-order chi connectivity index (χ0) is 17.1. The van der Waals surface area contributed by atoms with Gasteiger partial charge in [0, 0.05) is 10.6 Å². The van der Waals surface area contributed by atoms with E-state index >= 15 is 0 Å². The van der Waals surface area contributed by atoms with Gasteiger partial charge in [-0.05, 0) is 37.0 Å². The van der Waals surface area contributed by atoms with E-state index < -0.39 is 0 Å². The number of H-pyrrole nitrogens is 1. The minimum atomic E-state index is -0.0208. The highest BCUT2D eigenvalue weighted by atomic mass is 32.1. The van der Waals surface area contributed by atoms with E-state index in [1.54, 1.807) is 11.3 Å². The maximum atomic E-state index is 12.6. The smallest absolute Gasteiger partial charge is 0.259 e. The van der Waals surface area contributed by atoms with Crippen molar-refractivity contribution < 1.29 is 0 Å². The van der Waals surface area contributed by atoms with Crippen LogP contribution >= 0.6 is 11.3 Å². The fourth-order valence-electron chi connectivity index (χ4n) is 2.78. The summed E-state index contributed by atoms with van der Waals surface area (Å²) in [5, 5.41) is 4.07. The molecule has 0 saturated heterocycles. The Morgan fingerprint density at radius 3 is 2.75 bits per heavy atom. The zero-order valence-corrected chi connectivity index (χ0v) is 15.2. The van der Waals surface area contributed by atoms with Gasteiger partial charge in [-0.2, -0.15) is 0 Å². The van der Waals surface area contributed by atoms with Crippen LogP contribution in [0.2, 0.25) is 0 Å². The first-order chi connectivity index (χ1) is 11.6. The molecule has 0 aliphatic carbocycles. The summed E-state index contributed by atoms with van der Waals surface area (Å²) in [4.78, 5) is 22.3. The first-order valence-electron chi connectivity index (χ1n) is 8.38. The van der Waals surface area contributed by atoms with Crippen LogP contribution in [0.3, 0.4) is 0 Å². The number of nitrogens with one attached hydrogen (secondary N) is 2. The minimum absolute atomic E-state index is 0.0208. The maximum absolute atomic E-state index is 12.6. The Hall–Kier alpha value is -2.14. The first-order valence-corrected chi connectivity index (χ1v) is 9.20. The summed E-state index contributed by atoms with van der Waals surface area (Å²) < 4.78 is 0. The number of aromatic nitrogens is 2. The molecule has 0 bridgehead atoms. The molecule has 4 nitrogen and oxygen atoms in total. The molecule has 1 aromatic carbocycles. The number of aromatic amines is 1. The Balaban J connectivity index is 1.89. The molecule has 24 heavy (non-hydrogen) atoms. The van der Waals surface area contributed by atoms with E-state index in [1.807, 2.05) is 30.3 Å². The third kappa shape index (κ3) is 3.51. The van der Waals surface area contributed by atoms with E-state index in [1.165, 1.54) is 10.4 Å². The summed E-state index contributed by atoms with van der Waals surface area (Å²) >= 11 is 1.62. The third-order valence-corrected chi connectivity index (χ3v) is 5.44. The summed E-state index contributed by atoms with van der Waals surface area (Å²) in [6.45, 7) is 7.01. The van der Waals surface area contributed by atoms with Crippen molar-refractivity contribution in [3.63, 3.8) is 0 Å². The predicted octanol–water partition coefficient (Wildman–Crippen LogP) is 4.49. The molecular weight excluding hydrogens is 318 g/mol. The van der Waals surface area contributed by atoms with Gasteiger partial charge in [0.05, 0.1) is 11.9 Å². The number of thiophene rings is 1. The highest BCUT2D eigenvalue weighted by Crippen LogP contribution is 2.29. The Kier molecular flexibility index (Phi) is 5.00. The molecule has 1 unspecified atom stereocenters. The van der Waals surface area contributed by atoms with Crippen LogP contribution in [0.15, 0.2) is 35.1 Å². The van der Waals surface area contributed by atoms with Gasteiger partial charge >= 0.3 is 0 Å². The number of benzene rings is 1. The molecule has 1 atom stereocenters. The molecule has 0 spiro atoms. The Labute approximate surface area is 146 Å². The molecule has 3 rings (SSSR count). The number of fused-ring (bicyclic) bond motifs is 1. The van der Waals surface area contributed by atoms with Crippen molar-refractivity contribution in [2.24, 2.45) is 5.92 Å². The van der Waals surface area contributed by atoms with E-state index in [0.717, 1.165) is 28.7 Å². The number of nitrogens with zero attached hydrogens (tertiary/aromatic N) is 1. The fraction of sp³-hybridized carbons (Fsp3) is 0.368. The van der Waals surface area contributed by atoms with Gasteiger partial charge in [0.1, 0.15) is 10.7 Å². The van der Waals surface area contributed by atoms with Crippen LogP contribution in [0.25, 0.3) is 10.2 Å². The average Bonchev–Trinajstić information content (AvgIpc) is 2.89. The molecule has 5 heteroatoms. The van der Waals surface area contributed by atoms with E-state index in [2.05, 4.69) is 36.1 Å². The van der Waals surface area contributed by atoms with E-state index in [9.17, 15) is 4.79 Å². The Morgan fingerprint density at radius 2 is 2.04 bits per heavy atom. The maximum Gasteiger partial charge on any atom is 0.259 e. The lowest BCUT2D eigenvalue weighted by atomic mass is 9.98. The zero-order valence-electron chi connectivity index (χ0n) is 14.3. The van der Waals surface area contributed by atoms with Gasteiger partial charge in [-0.15, -0.1) is 11.3 Å². The van der Waals surface area contributed by atoms with Gasteiger partial charge < -0.3 is 10.3 Å². The van der Waals surface area contributed by atoms with Crippen molar-refractivity contribution in [3.05, 3.63) is 57.0 Å². The molecule has 3 aromatic rings. The monoisotopic (exact) mass is 341 g/mol. The lowest BCUT2D eigenvalue weighted by Gasteiger charge is -2.08. The SMILES string of the molecule is CCC(C)Cc1c(C)sc2nc(CNc3ccccc3)[nH]c(=O)c12. The van der Waals surface area contributed by atoms with Crippen molar-refractivity contribution in [2.75, 3.05) is 5.32 Å². The van der Waals surface area contributed by atoms with Crippen LogP contribution in [-0.4, -0.2) is 9.97 Å². The molecule has 0 fully saturated rings. The van der Waals surface area contributed by atoms with Crippen LogP contribution in [-0.2, 0) is 13.0 Å². The first kappa shape index (κ1) is 16.7. The van der Waals surface area contributed by atoms with Crippen LogP contribution < -0.4 is 10.9 Å². The summed E-state index contributed by atoms with van der Waals surface area (Å²) in [6.07, 6.45) is 2.05. The van der Waals surface area contributed by atoms with Crippen molar-refractivity contribution in [1.29, 1.82) is 0 Å². The van der Waals surface area contributed by atoms with E-state index in [0.29, 0.717) is 18.3 Å². The normalized spacial score (nSPS) is 12.5. The van der Waals surface area contributed by atoms with Crippen LogP contribution in [0.5, 0.6) is 0 Å². The number of aryl methyl sites for hydroxylation is 1. The second-order valence-electron chi connectivity index (χ2n) is 6.27. The molecule has 0 aliphatic rings. The van der Waals surface area contributed by atoms with Gasteiger partial charge in [-0.1, -0.05) is 38.5 Å². The summed E-state index contributed by atoms with van der Waals surface area (Å²) in [5.74, 6) is 1.24. The second kappa shape index (κ2) is 7.18. The summed E-state index contributed by atoms with van der Waals surface area (Å²) in [6, 6.07) is 9.92. The minimum Gasteiger partial charge on any atom is -0.378 e. The summed E-state index contributed by atoms with van der Waals surface area (Å²) in [5.41, 5.74) is 2.16. The van der Waals surface area contributed by atoms with Crippen LogP contribution in [0.1, 0.15) is 36.5 Å². The van der Waals surface area contributed by atoms with E-state index in [-0.39, 0.29) is 5.56 Å². The molecule has 126 valence electrons. The van der Waals surface area contributed by atoms with Crippen LogP contribution in [0, 0.1) is 12.8 Å². The topological polar surface area (TPSA) is 57.8 Å². The highest BCUT2D eigenvalue weighted by molar-refractivity contribution is 7.18. The molecule has 2 heterocycles. The molecule has 2 aromatic heterocycles. The predicted molar refractivity (Wildman–Crippen MR) is 102 cm³/mol. The van der Waals surface area contributed by atoms with Gasteiger partial charge in [0.2, 0.25) is 0 Å². The lowest BCUT2D eigenvalue weighted by Crippen LogP contribution is -2.15. The molecule has 0 amide bonds. The molecule has 2 N–H and O–H groups in total. The molecule has 0 saturated carbocycles. The third-order valence-electron chi connectivity index (χ3n) is 4.40. The largest absolute Gasteiger partial charge is 0.378 e. The van der Waals surface area contributed by atoms with Crippen molar-refractivity contribution in [1.82, 2.24) is 9.97 Å². The number of hydrogen-bond donors (Lipinski definition) is 2. The van der Waals surface area contributed by atoms with Crippen LogP contribution in [0.4, 0.5) is 5.69 Å². The Bertz CT molecular complexity index is 883. The number of hydrogen-bond acceptors (Lipinski definition) is 4. The molecular formula is C19H23N3OS. The van der Waals surface area contributed by atoms with Crippen molar-refractivity contribution in [2.45, 2.75) is 40.2 Å². The fourth-order valence-corrected chi connectivity index (χ4v) is 3.86. The average molecular weight is 341 g/mol. The highest BCUT2D eigenvalue weighted by Gasteiger charge is 2.16. The van der Waals surface area contributed by atoms with E-state index in [4.69, 9.17) is 0 Å². The number of rotatable bonds is 6. The summed E-state index contributed by atoms with van der Waals surface area (Å²) in [7, 11) is 0. The Morgan fingerprint density at radius 1 is 1.29 bits per heavy atom. The number of anilines is 1. The lowest BCUT2D eigenvalue weighted by molar-refractivity contribution is 0.561. The second-order valence-corrected chi connectivity index (χ2v) is 7.47. The quantitative estimate of drug-likeness (QED) is 0.694. The van der Waals surface area contributed by atoms with Gasteiger partial charge in [-0.25, -0.2) is 4.98 Å². The van der Waals surface area contributed by atoms with Crippen molar-refractivity contribution >= 4 is 27.2 Å². The van der Waals surface area contributed by atoms with Gasteiger partial charge in [0.15, 0.2) is 0 Å². The van der Waals surface area contributed by atoms with Crippen molar-refractivity contribution in [3.8, 4) is 0 Å². The molecule has 0 aliphatic heterocycles. The molecule has 0 radical (unpaired) electrons.